The molecule has 2 heteroatoms. The average Bonchev–Trinajstić information content (AvgIpc) is 2.74. The summed E-state index contributed by atoms with van der Waals surface area (Å²) in [5, 5.41) is 2.45. The van der Waals surface area contributed by atoms with Gasteiger partial charge in [0.1, 0.15) is 5.75 Å². The Bertz CT molecular complexity index is 1140. The average molecular weight is 413 g/mol. The summed E-state index contributed by atoms with van der Waals surface area (Å²) in [6, 6.07) is 30.0. The van der Waals surface area contributed by atoms with Crippen LogP contribution in [0.5, 0.6) is 5.75 Å². The molecule has 1 nitrogen and oxygen atoms in total. The van der Waals surface area contributed by atoms with Crippen LogP contribution in [0.3, 0.4) is 0 Å². The second-order valence-corrected chi connectivity index (χ2v) is 7.67. The van der Waals surface area contributed by atoms with Crippen LogP contribution in [0.2, 0.25) is 0 Å². The standard InChI is InChI=1S/C25H17BrO/c26-21-11-12-22-20(16-21)10-13-24-25(22)23(14-15-27-24)19-8-6-18(7-9-19)17-4-2-1-3-5-17/h1-16,23H/t23-/m1/s1. The van der Waals surface area contributed by atoms with Crippen molar-refractivity contribution in [1.82, 2.24) is 0 Å². The fraction of sp³-hybridized carbons (Fsp3) is 0.0400. The minimum atomic E-state index is 0.184. The largest absolute Gasteiger partial charge is 0.465 e. The molecule has 0 saturated carbocycles. The molecule has 0 radical (unpaired) electrons. The van der Waals surface area contributed by atoms with Gasteiger partial charge in [-0.3, -0.25) is 0 Å². The molecule has 0 aromatic heterocycles. The summed E-state index contributed by atoms with van der Waals surface area (Å²) in [4.78, 5) is 0. The Labute approximate surface area is 167 Å². The van der Waals surface area contributed by atoms with E-state index in [4.69, 9.17) is 4.74 Å². The Morgan fingerprint density at radius 3 is 2.33 bits per heavy atom. The molecule has 1 aliphatic heterocycles. The zero-order chi connectivity index (χ0) is 18.2. The van der Waals surface area contributed by atoms with Gasteiger partial charge < -0.3 is 4.74 Å². The van der Waals surface area contributed by atoms with Gasteiger partial charge in [-0.15, -0.1) is 0 Å². The zero-order valence-electron chi connectivity index (χ0n) is 14.6. The molecule has 4 aromatic rings. The third kappa shape index (κ3) is 2.96. The van der Waals surface area contributed by atoms with Gasteiger partial charge in [-0.05, 0) is 51.7 Å². The van der Waals surface area contributed by atoms with E-state index in [-0.39, 0.29) is 5.92 Å². The van der Waals surface area contributed by atoms with Crippen LogP contribution in [0.25, 0.3) is 21.9 Å². The van der Waals surface area contributed by atoms with Crippen molar-refractivity contribution >= 4 is 26.7 Å². The monoisotopic (exact) mass is 412 g/mol. The molecule has 1 aliphatic rings. The third-order valence-electron chi connectivity index (χ3n) is 5.14. The molecule has 1 atom stereocenters. The second kappa shape index (κ2) is 6.71. The van der Waals surface area contributed by atoms with Gasteiger partial charge in [0.25, 0.3) is 0 Å². The summed E-state index contributed by atoms with van der Waals surface area (Å²) in [6.45, 7) is 0. The maximum atomic E-state index is 5.81. The molecule has 5 rings (SSSR count). The van der Waals surface area contributed by atoms with E-state index < -0.39 is 0 Å². The summed E-state index contributed by atoms with van der Waals surface area (Å²) in [7, 11) is 0. The van der Waals surface area contributed by atoms with Crippen LogP contribution in [-0.2, 0) is 0 Å². The molecule has 0 fully saturated rings. The van der Waals surface area contributed by atoms with E-state index in [1.165, 1.54) is 33.0 Å². The predicted molar refractivity (Wildman–Crippen MR) is 115 cm³/mol. The fourth-order valence-electron chi connectivity index (χ4n) is 3.81. The Morgan fingerprint density at radius 2 is 1.52 bits per heavy atom. The number of hydrogen-bond acceptors (Lipinski definition) is 1. The molecule has 4 aromatic carbocycles. The highest BCUT2D eigenvalue weighted by molar-refractivity contribution is 9.10. The van der Waals surface area contributed by atoms with E-state index in [2.05, 4.69) is 101 Å². The zero-order valence-corrected chi connectivity index (χ0v) is 16.2. The van der Waals surface area contributed by atoms with Crippen LogP contribution in [0.4, 0.5) is 0 Å². The van der Waals surface area contributed by atoms with Crippen molar-refractivity contribution < 1.29 is 4.74 Å². The van der Waals surface area contributed by atoms with E-state index in [1.54, 1.807) is 0 Å². The van der Waals surface area contributed by atoms with Crippen molar-refractivity contribution in [2.45, 2.75) is 5.92 Å². The third-order valence-corrected chi connectivity index (χ3v) is 5.63. The van der Waals surface area contributed by atoms with Crippen molar-refractivity contribution in [3.63, 3.8) is 0 Å². The molecule has 0 amide bonds. The van der Waals surface area contributed by atoms with Crippen LogP contribution in [0, 0.1) is 0 Å². The van der Waals surface area contributed by atoms with Crippen molar-refractivity contribution in [3.8, 4) is 16.9 Å². The van der Waals surface area contributed by atoms with Gasteiger partial charge in [-0.25, -0.2) is 0 Å². The number of ether oxygens (including phenoxy) is 1. The summed E-state index contributed by atoms with van der Waals surface area (Å²) < 4.78 is 6.90. The number of benzene rings is 4. The molecule has 0 N–H and O–H groups in total. The lowest BCUT2D eigenvalue weighted by molar-refractivity contribution is 0.460. The number of halogens is 1. The molecule has 0 aliphatic carbocycles. The first kappa shape index (κ1) is 16.3. The molecular formula is C25H17BrO. The minimum Gasteiger partial charge on any atom is -0.465 e. The maximum Gasteiger partial charge on any atom is 0.131 e. The second-order valence-electron chi connectivity index (χ2n) is 6.75. The number of fused-ring (bicyclic) bond motifs is 3. The highest BCUT2D eigenvalue weighted by Crippen LogP contribution is 2.42. The predicted octanol–water partition coefficient (Wildman–Crippen LogP) is 7.31. The van der Waals surface area contributed by atoms with Crippen molar-refractivity contribution in [2.24, 2.45) is 0 Å². The Hall–Kier alpha value is -2.84. The van der Waals surface area contributed by atoms with Crippen LogP contribution >= 0.6 is 15.9 Å². The van der Waals surface area contributed by atoms with Crippen molar-refractivity contribution in [3.05, 3.63) is 113 Å². The lowest BCUT2D eigenvalue weighted by atomic mass is 9.85. The normalized spacial score (nSPS) is 15.4. The van der Waals surface area contributed by atoms with Gasteiger partial charge in [-0.2, -0.15) is 0 Å². The fourth-order valence-corrected chi connectivity index (χ4v) is 4.19. The highest BCUT2D eigenvalue weighted by Gasteiger charge is 2.22. The maximum absolute atomic E-state index is 5.81. The number of allylic oxidation sites excluding steroid dienone is 1. The van der Waals surface area contributed by atoms with Gasteiger partial charge in [0.2, 0.25) is 0 Å². The van der Waals surface area contributed by atoms with Gasteiger partial charge >= 0.3 is 0 Å². The Morgan fingerprint density at radius 1 is 0.741 bits per heavy atom. The van der Waals surface area contributed by atoms with Gasteiger partial charge in [0, 0.05) is 16.0 Å². The first-order valence-electron chi connectivity index (χ1n) is 9.00. The molecule has 0 saturated heterocycles. The minimum absolute atomic E-state index is 0.184. The molecule has 1 heterocycles. The Balaban J connectivity index is 1.61. The SMILES string of the molecule is Brc1ccc2c3c(ccc2c1)OC=C[C@@H]3c1ccc(-c2ccccc2)cc1. The summed E-state index contributed by atoms with van der Waals surface area (Å²) >= 11 is 3.57. The quantitative estimate of drug-likeness (QED) is 0.335. The highest BCUT2D eigenvalue weighted by atomic mass is 79.9. The number of hydrogen-bond donors (Lipinski definition) is 0. The van der Waals surface area contributed by atoms with E-state index >= 15 is 0 Å². The van der Waals surface area contributed by atoms with Crippen molar-refractivity contribution in [1.29, 1.82) is 0 Å². The smallest absolute Gasteiger partial charge is 0.131 e. The Kier molecular flexibility index (Phi) is 4.06. The van der Waals surface area contributed by atoms with E-state index in [1.807, 2.05) is 12.3 Å². The molecule has 0 spiro atoms. The van der Waals surface area contributed by atoms with Gasteiger partial charge in [-0.1, -0.05) is 82.7 Å². The van der Waals surface area contributed by atoms with Crippen LogP contribution in [-0.4, -0.2) is 0 Å². The van der Waals surface area contributed by atoms with E-state index in [0.29, 0.717) is 0 Å². The van der Waals surface area contributed by atoms with Gasteiger partial charge in [0.15, 0.2) is 0 Å². The van der Waals surface area contributed by atoms with Crippen LogP contribution < -0.4 is 4.74 Å². The summed E-state index contributed by atoms with van der Waals surface area (Å²) in [5.41, 5.74) is 4.97. The van der Waals surface area contributed by atoms with Gasteiger partial charge in [0.05, 0.1) is 6.26 Å². The lowest BCUT2D eigenvalue weighted by Crippen LogP contribution is -2.06. The first-order chi connectivity index (χ1) is 13.3. The molecule has 27 heavy (non-hydrogen) atoms. The number of rotatable bonds is 2. The molecule has 0 unspecified atom stereocenters. The topological polar surface area (TPSA) is 9.23 Å². The lowest BCUT2D eigenvalue weighted by Gasteiger charge is -2.23. The van der Waals surface area contributed by atoms with E-state index in [9.17, 15) is 0 Å². The first-order valence-corrected chi connectivity index (χ1v) is 9.80. The molecular weight excluding hydrogens is 396 g/mol. The van der Waals surface area contributed by atoms with Crippen LogP contribution in [0.15, 0.2) is 102 Å². The molecule has 130 valence electrons. The van der Waals surface area contributed by atoms with Crippen LogP contribution in [0.1, 0.15) is 17.0 Å². The van der Waals surface area contributed by atoms with E-state index in [0.717, 1.165) is 10.2 Å². The summed E-state index contributed by atoms with van der Waals surface area (Å²) in [6.07, 6.45) is 3.95. The van der Waals surface area contributed by atoms with Crippen molar-refractivity contribution in [2.75, 3.05) is 0 Å². The molecule has 0 bridgehead atoms. The summed E-state index contributed by atoms with van der Waals surface area (Å²) in [5.74, 6) is 1.12.